The highest BCUT2D eigenvalue weighted by Gasteiger charge is 2.32. The highest BCUT2D eigenvalue weighted by Crippen LogP contribution is 2.24. The van der Waals surface area contributed by atoms with Crippen LogP contribution in [0.2, 0.25) is 10.0 Å². The molecule has 190 valence electrons. The number of benzene rings is 3. The molecule has 0 aromatic heterocycles. The Kier molecular flexibility index (Phi) is 9.41. The van der Waals surface area contributed by atoms with Gasteiger partial charge in [-0.2, -0.15) is 0 Å². The number of carbonyl (C=O) groups excluding carboxylic acids is 2. The second-order valence-electron chi connectivity index (χ2n) is 9.82. The number of amides is 2. The summed E-state index contributed by atoms with van der Waals surface area (Å²) in [5, 5.41) is 3.85. The van der Waals surface area contributed by atoms with Crippen LogP contribution in [0.4, 0.5) is 0 Å². The molecule has 7 heteroatoms. The maximum absolute atomic E-state index is 13.6. The third kappa shape index (κ3) is 8.28. The van der Waals surface area contributed by atoms with Crippen molar-refractivity contribution >= 4 is 35.0 Å². The first-order valence-corrected chi connectivity index (χ1v) is 12.6. The van der Waals surface area contributed by atoms with Gasteiger partial charge in [0.25, 0.3) is 5.91 Å². The standard InChI is InChI=1S/C29H32Cl2N2O3/c1-20-10-13-23(14-11-20)36-19-27(34)33(18-22-12-15-24(30)25(31)16-22)26(28(35)32-29(2,3)4)17-21-8-6-5-7-9-21/h5-16,26H,17-19H2,1-4H3,(H,32,35)/t26-/m1/s1. The maximum Gasteiger partial charge on any atom is 0.261 e. The molecule has 0 spiro atoms. The van der Waals surface area contributed by atoms with Gasteiger partial charge in [0.1, 0.15) is 11.8 Å². The van der Waals surface area contributed by atoms with E-state index in [0.717, 1.165) is 16.7 Å². The zero-order valence-electron chi connectivity index (χ0n) is 21.1. The lowest BCUT2D eigenvalue weighted by molar-refractivity contribution is -0.143. The average Bonchev–Trinajstić information content (AvgIpc) is 2.82. The van der Waals surface area contributed by atoms with Crippen molar-refractivity contribution in [3.63, 3.8) is 0 Å². The Balaban J connectivity index is 1.94. The van der Waals surface area contributed by atoms with Gasteiger partial charge in [-0.3, -0.25) is 9.59 Å². The summed E-state index contributed by atoms with van der Waals surface area (Å²) in [4.78, 5) is 28.7. The number of hydrogen-bond donors (Lipinski definition) is 1. The van der Waals surface area contributed by atoms with Crippen molar-refractivity contribution in [3.05, 3.63) is 99.5 Å². The second kappa shape index (κ2) is 12.3. The molecule has 3 aromatic rings. The summed E-state index contributed by atoms with van der Waals surface area (Å²) in [5.41, 5.74) is 2.33. The number of carbonyl (C=O) groups is 2. The molecule has 0 heterocycles. The number of hydrogen-bond acceptors (Lipinski definition) is 3. The SMILES string of the molecule is Cc1ccc(OCC(=O)N(Cc2ccc(Cl)c(Cl)c2)[C@H](Cc2ccccc2)C(=O)NC(C)(C)C)cc1. The van der Waals surface area contributed by atoms with Crippen molar-refractivity contribution in [1.29, 1.82) is 0 Å². The van der Waals surface area contributed by atoms with E-state index in [1.54, 1.807) is 23.1 Å². The minimum atomic E-state index is -0.768. The van der Waals surface area contributed by atoms with Gasteiger partial charge in [0, 0.05) is 18.5 Å². The van der Waals surface area contributed by atoms with E-state index < -0.39 is 11.6 Å². The zero-order valence-corrected chi connectivity index (χ0v) is 22.6. The Labute approximate surface area is 223 Å². The highest BCUT2D eigenvalue weighted by molar-refractivity contribution is 6.42. The van der Waals surface area contributed by atoms with Gasteiger partial charge in [0.2, 0.25) is 5.91 Å². The quantitative estimate of drug-likeness (QED) is 0.359. The largest absolute Gasteiger partial charge is 0.484 e. The van der Waals surface area contributed by atoms with E-state index in [1.165, 1.54) is 0 Å². The smallest absolute Gasteiger partial charge is 0.261 e. The lowest BCUT2D eigenvalue weighted by Crippen LogP contribution is -2.55. The topological polar surface area (TPSA) is 58.6 Å². The van der Waals surface area contributed by atoms with Gasteiger partial charge in [-0.25, -0.2) is 0 Å². The molecule has 0 aliphatic rings. The fraction of sp³-hybridized carbons (Fsp3) is 0.310. The molecule has 3 rings (SSSR count). The minimum Gasteiger partial charge on any atom is -0.484 e. The van der Waals surface area contributed by atoms with E-state index in [9.17, 15) is 9.59 Å². The number of rotatable bonds is 9. The van der Waals surface area contributed by atoms with Crippen LogP contribution in [0.15, 0.2) is 72.8 Å². The molecule has 0 saturated heterocycles. The van der Waals surface area contributed by atoms with Crippen molar-refractivity contribution in [2.45, 2.75) is 52.2 Å². The zero-order chi connectivity index (χ0) is 26.3. The fourth-order valence-electron chi connectivity index (χ4n) is 3.70. The van der Waals surface area contributed by atoms with Gasteiger partial charge in [0.15, 0.2) is 6.61 Å². The van der Waals surface area contributed by atoms with Gasteiger partial charge in [-0.1, -0.05) is 77.3 Å². The van der Waals surface area contributed by atoms with Crippen molar-refractivity contribution in [3.8, 4) is 5.75 Å². The molecular weight excluding hydrogens is 495 g/mol. The van der Waals surface area contributed by atoms with Crippen LogP contribution in [-0.4, -0.2) is 34.9 Å². The first kappa shape index (κ1) is 27.6. The van der Waals surface area contributed by atoms with Gasteiger partial charge in [0.05, 0.1) is 10.0 Å². The summed E-state index contributed by atoms with van der Waals surface area (Å²) in [6.45, 7) is 7.68. The minimum absolute atomic E-state index is 0.169. The van der Waals surface area contributed by atoms with Crippen LogP contribution in [0.25, 0.3) is 0 Å². The molecule has 2 amide bonds. The van der Waals surface area contributed by atoms with Gasteiger partial charge >= 0.3 is 0 Å². The average molecular weight is 527 g/mol. The van der Waals surface area contributed by atoms with E-state index in [-0.39, 0.29) is 25.0 Å². The summed E-state index contributed by atoms with van der Waals surface area (Å²) in [6.07, 6.45) is 0.348. The molecule has 36 heavy (non-hydrogen) atoms. The van der Waals surface area contributed by atoms with Crippen molar-refractivity contribution in [2.75, 3.05) is 6.61 Å². The third-order valence-electron chi connectivity index (χ3n) is 5.49. The number of nitrogens with one attached hydrogen (secondary N) is 1. The number of halogens is 2. The predicted molar refractivity (Wildman–Crippen MR) is 146 cm³/mol. The molecule has 0 aliphatic carbocycles. The lowest BCUT2D eigenvalue weighted by atomic mass is 10.0. The molecule has 1 atom stereocenters. The van der Waals surface area contributed by atoms with E-state index in [2.05, 4.69) is 5.32 Å². The van der Waals surface area contributed by atoms with Crippen LogP contribution in [-0.2, 0) is 22.6 Å². The summed E-state index contributed by atoms with van der Waals surface area (Å²) in [5.74, 6) is 0.0314. The van der Waals surface area contributed by atoms with Crippen LogP contribution in [0.1, 0.15) is 37.5 Å². The molecule has 0 saturated carbocycles. The summed E-state index contributed by atoms with van der Waals surface area (Å²) in [6, 6.07) is 21.6. The fourth-order valence-corrected chi connectivity index (χ4v) is 4.02. The van der Waals surface area contributed by atoms with E-state index in [0.29, 0.717) is 22.2 Å². The molecule has 3 aromatic carbocycles. The normalized spacial score (nSPS) is 12.1. The summed E-state index contributed by atoms with van der Waals surface area (Å²) >= 11 is 12.4. The molecule has 0 unspecified atom stereocenters. The first-order valence-electron chi connectivity index (χ1n) is 11.8. The Bertz CT molecular complexity index is 1180. The number of ether oxygens (including phenoxy) is 1. The van der Waals surface area contributed by atoms with Crippen molar-refractivity contribution < 1.29 is 14.3 Å². The van der Waals surface area contributed by atoms with Gasteiger partial charge in [-0.05, 0) is 63.1 Å². The summed E-state index contributed by atoms with van der Waals surface area (Å²) in [7, 11) is 0. The number of nitrogens with zero attached hydrogens (tertiary/aromatic N) is 1. The Hall–Kier alpha value is -3.02. The molecule has 5 nitrogen and oxygen atoms in total. The Morgan fingerprint density at radius 3 is 2.19 bits per heavy atom. The molecule has 0 bridgehead atoms. The van der Waals surface area contributed by atoms with Crippen LogP contribution in [0, 0.1) is 6.92 Å². The van der Waals surface area contributed by atoms with Crippen LogP contribution < -0.4 is 10.1 Å². The van der Waals surface area contributed by atoms with Gasteiger partial charge < -0.3 is 15.0 Å². The van der Waals surface area contributed by atoms with Crippen molar-refractivity contribution in [1.82, 2.24) is 10.2 Å². The third-order valence-corrected chi connectivity index (χ3v) is 6.23. The monoisotopic (exact) mass is 526 g/mol. The molecule has 1 N–H and O–H groups in total. The second-order valence-corrected chi connectivity index (χ2v) is 10.6. The van der Waals surface area contributed by atoms with E-state index in [4.69, 9.17) is 27.9 Å². The Morgan fingerprint density at radius 1 is 0.917 bits per heavy atom. The van der Waals surface area contributed by atoms with Crippen LogP contribution in [0.5, 0.6) is 5.75 Å². The van der Waals surface area contributed by atoms with Crippen LogP contribution in [0.3, 0.4) is 0 Å². The van der Waals surface area contributed by atoms with E-state index >= 15 is 0 Å². The van der Waals surface area contributed by atoms with Crippen molar-refractivity contribution in [2.24, 2.45) is 0 Å². The van der Waals surface area contributed by atoms with Gasteiger partial charge in [-0.15, -0.1) is 0 Å². The maximum atomic E-state index is 13.6. The predicted octanol–water partition coefficient (Wildman–Crippen LogP) is 6.24. The molecule has 0 aliphatic heterocycles. The number of aryl methyl sites for hydroxylation is 1. The molecule has 0 fully saturated rings. The van der Waals surface area contributed by atoms with E-state index in [1.807, 2.05) is 82.3 Å². The van der Waals surface area contributed by atoms with Crippen LogP contribution >= 0.6 is 23.2 Å². The first-order chi connectivity index (χ1) is 17.0. The lowest BCUT2D eigenvalue weighted by Gasteiger charge is -2.33. The molecular formula is C29H32Cl2N2O3. The molecule has 0 radical (unpaired) electrons. The highest BCUT2D eigenvalue weighted by atomic mass is 35.5. The summed E-state index contributed by atoms with van der Waals surface area (Å²) < 4.78 is 5.80. The Morgan fingerprint density at radius 2 is 1.58 bits per heavy atom.